The van der Waals surface area contributed by atoms with Gasteiger partial charge in [0.25, 0.3) is 0 Å². The Bertz CT molecular complexity index is 209. The van der Waals surface area contributed by atoms with Gasteiger partial charge >= 0.3 is 5.97 Å². The second-order valence-electron chi connectivity index (χ2n) is 2.61. The first kappa shape index (κ1) is 9.00. The molecule has 0 aliphatic heterocycles. The number of carbonyl (C=O) groups excluding carboxylic acids is 1. The zero-order valence-corrected chi connectivity index (χ0v) is 6.90. The van der Waals surface area contributed by atoms with Crippen LogP contribution in [0.15, 0.2) is 24.3 Å². The number of hydrogen-bond donors (Lipinski definition) is 1. The Morgan fingerprint density at radius 3 is 3.00 bits per heavy atom. The maximum absolute atomic E-state index is 11.2. The Morgan fingerprint density at radius 2 is 2.42 bits per heavy atom. The first-order valence-electron chi connectivity index (χ1n) is 4.04. The number of hydrogen-bond acceptors (Lipinski definition) is 3. The van der Waals surface area contributed by atoms with Crippen molar-refractivity contribution in [1.29, 1.82) is 0 Å². The van der Waals surface area contributed by atoms with Crippen LogP contribution >= 0.6 is 0 Å². The fraction of sp³-hybridized carbons (Fsp3) is 0.444. The normalized spacial score (nSPS) is 20.9. The molecule has 0 bridgehead atoms. The van der Waals surface area contributed by atoms with Crippen LogP contribution in [-0.2, 0) is 9.53 Å². The molecule has 12 heavy (non-hydrogen) atoms. The van der Waals surface area contributed by atoms with Crippen molar-refractivity contribution in [3.8, 4) is 0 Å². The van der Waals surface area contributed by atoms with Gasteiger partial charge in [-0.2, -0.15) is 0 Å². The van der Waals surface area contributed by atoms with E-state index in [0.29, 0.717) is 13.2 Å². The smallest absolute Gasteiger partial charge is 0.313 e. The van der Waals surface area contributed by atoms with E-state index in [-0.39, 0.29) is 11.9 Å². The van der Waals surface area contributed by atoms with Crippen molar-refractivity contribution in [2.45, 2.75) is 6.42 Å². The Kier molecular flexibility index (Phi) is 3.54. The third-order valence-corrected chi connectivity index (χ3v) is 1.65. The van der Waals surface area contributed by atoms with Crippen LogP contribution in [0.3, 0.4) is 0 Å². The molecular formula is C9H13NO2. The van der Waals surface area contributed by atoms with Gasteiger partial charge in [-0.3, -0.25) is 4.79 Å². The molecule has 1 aliphatic rings. The van der Waals surface area contributed by atoms with E-state index in [0.717, 1.165) is 6.42 Å². The van der Waals surface area contributed by atoms with Crippen molar-refractivity contribution >= 4 is 5.97 Å². The van der Waals surface area contributed by atoms with E-state index >= 15 is 0 Å². The molecule has 0 aromatic carbocycles. The highest BCUT2D eigenvalue weighted by Gasteiger charge is 2.15. The van der Waals surface area contributed by atoms with Crippen LogP contribution in [0.1, 0.15) is 6.42 Å². The molecule has 66 valence electrons. The molecule has 3 nitrogen and oxygen atoms in total. The number of carbonyl (C=O) groups is 1. The molecule has 2 N–H and O–H groups in total. The SMILES string of the molecule is NCCOC(=O)C1C=CC=CC1. The predicted molar refractivity (Wildman–Crippen MR) is 46.4 cm³/mol. The monoisotopic (exact) mass is 167 g/mol. The molecular weight excluding hydrogens is 154 g/mol. The van der Waals surface area contributed by atoms with Gasteiger partial charge in [0, 0.05) is 6.54 Å². The Balaban J connectivity index is 2.32. The summed E-state index contributed by atoms with van der Waals surface area (Å²) in [5.41, 5.74) is 5.20. The Labute approximate surface area is 71.9 Å². The Morgan fingerprint density at radius 1 is 1.58 bits per heavy atom. The number of rotatable bonds is 3. The van der Waals surface area contributed by atoms with Gasteiger partial charge in [0.05, 0.1) is 5.92 Å². The summed E-state index contributed by atoms with van der Waals surface area (Å²) in [5, 5.41) is 0. The zero-order valence-electron chi connectivity index (χ0n) is 6.90. The van der Waals surface area contributed by atoms with Crippen molar-refractivity contribution < 1.29 is 9.53 Å². The second kappa shape index (κ2) is 4.72. The number of nitrogens with two attached hydrogens (primary N) is 1. The van der Waals surface area contributed by atoms with Crippen molar-refractivity contribution in [1.82, 2.24) is 0 Å². The molecule has 0 heterocycles. The minimum Gasteiger partial charge on any atom is -0.464 e. The quantitative estimate of drug-likeness (QED) is 0.627. The summed E-state index contributed by atoms with van der Waals surface area (Å²) in [7, 11) is 0. The van der Waals surface area contributed by atoms with Gasteiger partial charge in [-0.25, -0.2) is 0 Å². The van der Waals surface area contributed by atoms with Crippen LogP contribution in [0.5, 0.6) is 0 Å². The molecule has 0 spiro atoms. The molecule has 0 radical (unpaired) electrons. The molecule has 0 saturated heterocycles. The van der Waals surface area contributed by atoms with E-state index in [1.165, 1.54) is 0 Å². The number of ether oxygens (including phenoxy) is 1. The van der Waals surface area contributed by atoms with E-state index in [1.807, 2.05) is 24.3 Å². The van der Waals surface area contributed by atoms with E-state index in [4.69, 9.17) is 10.5 Å². The fourth-order valence-electron chi connectivity index (χ4n) is 1.02. The van der Waals surface area contributed by atoms with E-state index in [2.05, 4.69) is 0 Å². The third kappa shape index (κ3) is 2.51. The average Bonchev–Trinajstić information content (AvgIpc) is 2.15. The third-order valence-electron chi connectivity index (χ3n) is 1.65. The standard InChI is InChI=1S/C9H13NO2/c10-6-7-12-9(11)8-4-2-1-3-5-8/h1-4,8H,5-7,10H2. The minimum atomic E-state index is -0.180. The molecule has 0 saturated carbocycles. The summed E-state index contributed by atoms with van der Waals surface area (Å²) in [6.07, 6.45) is 8.32. The molecule has 1 rings (SSSR count). The first-order chi connectivity index (χ1) is 5.84. The van der Waals surface area contributed by atoms with Crippen LogP contribution in [0.2, 0.25) is 0 Å². The lowest BCUT2D eigenvalue weighted by molar-refractivity contribution is -0.146. The van der Waals surface area contributed by atoms with Crippen molar-refractivity contribution in [2.24, 2.45) is 11.7 Å². The molecule has 0 aromatic heterocycles. The molecule has 0 amide bonds. The van der Waals surface area contributed by atoms with E-state index < -0.39 is 0 Å². The van der Waals surface area contributed by atoms with Crippen LogP contribution in [0.25, 0.3) is 0 Å². The zero-order chi connectivity index (χ0) is 8.81. The maximum Gasteiger partial charge on any atom is 0.313 e. The summed E-state index contributed by atoms with van der Waals surface area (Å²) in [4.78, 5) is 11.2. The summed E-state index contributed by atoms with van der Waals surface area (Å²) in [6.45, 7) is 0.699. The Hall–Kier alpha value is -1.09. The largest absolute Gasteiger partial charge is 0.464 e. The van der Waals surface area contributed by atoms with E-state index in [9.17, 15) is 4.79 Å². The highest BCUT2D eigenvalue weighted by Crippen LogP contribution is 2.12. The molecule has 0 aromatic rings. The van der Waals surface area contributed by atoms with Crippen molar-refractivity contribution in [2.75, 3.05) is 13.2 Å². The molecule has 1 aliphatic carbocycles. The van der Waals surface area contributed by atoms with Crippen LogP contribution in [-0.4, -0.2) is 19.1 Å². The highest BCUT2D eigenvalue weighted by molar-refractivity contribution is 5.75. The second-order valence-corrected chi connectivity index (χ2v) is 2.61. The van der Waals surface area contributed by atoms with Gasteiger partial charge in [0.2, 0.25) is 0 Å². The van der Waals surface area contributed by atoms with Crippen molar-refractivity contribution in [3.05, 3.63) is 24.3 Å². The first-order valence-corrected chi connectivity index (χ1v) is 4.04. The molecule has 1 unspecified atom stereocenters. The topological polar surface area (TPSA) is 52.3 Å². The maximum atomic E-state index is 11.2. The summed E-state index contributed by atoms with van der Waals surface area (Å²) >= 11 is 0. The van der Waals surface area contributed by atoms with Crippen LogP contribution in [0.4, 0.5) is 0 Å². The molecule has 3 heteroatoms. The highest BCUT2D eigenvalue weighted by atomic mass is 16.5. The summed E-state index contributed by atoms with van der Waals surface area (Å²) in [5.74, 6) is -0.289. The van der Waals surface area contributed by atoms with Gasteiger partial charge in [-0.1, -0.05) is 24.3 Å². The number of allylic oxidation sites excluding steroid dienone is 3. The van der Waals surface area contributed by atoms with E-state index in [1.54, 1.807) is 0 Å². The molecule has 0 fully saturated rings. The predicted octanol–water partition coefficient (Wildman–Crippen LogP) is 0.621. The lowest BCUT2D eigenvalue weighted by Crippen LogP contribution is -2.20. The van der Waals surface area contributed by atoms with Gasteiger partial charge < -0.3 is 10.5 Å². The molecule has 1 atom stereocenters. The lowest BCUT2D eigenvalue weighted by atomic mass is 10.0. The van der Waals surface area contributed by atoms with Gasteiger partial charge in [0.15, 0.2) is 0 Å². The van der Waals surface area contributed by atoms with Gasteiger partial charge in [0.1, 0.15) is 6.61 Å². The lowest BCUT2D eigenvalue weighted by Gasteiger charge is -2.11. The van der Waals surface area contributed by atoms with Crippen LogP contribution < -0.4 is 5.73 Å². The van der Waals surface area contributed by atoms with Crippen LogP contribution in [0, 0.1) is 5.92 Å². The van der Waals surface area contributed by atoms with Crippen molar-refractivity contribution in [3.63, 3.8) is 0 Å². The summed E-state index contributed by atoms with van der Waals surface area (Å²) in [6, 6.07) is 0. The average molecular weight is 167 g/mol. The van der Waals surface area contributed by atoms with Gasteiger partial charge in [-0.05, 0) is 6.42 Å². The number of esters is 1. The van der Waals surface area contributed by atoms with Gasteiger partial charge in [-0.15, -0.1) is 0 Å². The minimum absolute atomic E-state index is 0.110. The fourth-order valence-corrected chi connectivity index (χ4v) is 1.02. The summed E-state index contributed by atoms with van der Waals surface area (Å²) < 4.78 is 4.88.